The number of aryl methyl sites for hydroxylation is 1. The summed E-state index contributed by atoms with van der Waals surface area (Å²) in [5, 5.41) is 5.34. The van der Waals surface area contributed by atoms with Crippen molar-refractivity contribution in [3.05, 3.63) is 77.0 Å². The van der Waals surface area contributed by atoms with Crippen molar-refractivity contribution in [3.8, 4) is 0 Å². The maximum Gasteiger partial charge on any atom is 0.282 e. The van der Waals surface area contributed by atoms with Crippen molar-refractivity contribution in [2.24, 2.45) is 11.3 Å². The largest absolute Gasteiger partial charge is 0.295 e. The molecular formula is C28H28N2O3S. The highest BCUT2D eigenvalue weighted by Gasteiger charge is 2.47. The number of hydrogen-bond donors (Lipinski definition) is 0. The maximum atomic E-state index is 13.3. The molecule has 0 bridgehead atoms. The number of carbonyl (C=O) groups is 1. The molecule has 0 amide bonds. The molecule has 2 unspecified atom stereocenters. The van der Waals surface area contributed by atoms with Crippen molar-refractivity contribution in [3.63, 3.8) is 0 Å². The van der Waals surface area contributed by atoms with Gasteiger partial charge in [0.05, 0.1) is 16.6 Å². The molecule has 174 valence electrons. The lowest BCUT2D eigenvalue weighted by molar-refractivity contribution is -0.116. The van der Waals surface area contributed by atoms with Crippen LogP contribution in [0.5, 0.6) is 0 Å². The Morgan fingerprint density at radius 2 is 1.94 bits per heavy atom. The van der Waals surface area contributed by atoms with Gasteiger partial charge in [-0.2, -0.15) is 17.6 Å². The summed E-state index contributed by atoms with van der Waals surface area (Å²) in [6.07, 6.45) is 11.3. The van der Waals surface area contributed by atoms with E-state index in [1.165, 1.54) is 5.57 Å². The highest BCUT2D eigenvalue weighted by Crippen LogP contribution is 2.58. The third-order valence-corrected chi connectivity index (χ3v) is 9.67. The molecule has 3 aliphatic rings. The van der Waals surface area contributed by atoms with Gasteiger partial charge in [0.2, 0.25) is 0 Å². The monoisotopic (exact) mass is 472 g/mol. The van der Waals surface area contributed by atoms with Crippen LogP contribution >= 0.6 is 0 Å². The van der Waals surface area contributed by atoms with Gasteiger partial charge in [-0.15, -0.1) is 0 Å². The summed E-state index contributed by atoms with van der Waals surface area (Å²) in [6.45, 7) is 4.15. The first-order valence-corrected chi connectivity index (χ1v) is 13.6. The first-order chi connectivity index (χ1) is 16.3. The third-order valence-electron chi connectivity index (χ3n) is 8.12. The van der Waals surface area contributed by atoms with E-state index in [-0.39, 0.29) is 22.0 Å². The quantitative estimate of drug-likeness (QED) is 0.462. The summed E-state index contributed by atoms with van der Waals surface area (Å²) in [4.78, 5) is 13.4. The topological polar surface area (TPSA) is 69.0 Å². The van der Waals surface area contributed by atoms with Gasteiger partial charge < -0.3 is 0 Å². The van der Waals surface area contributed by atoms with Crippen LogP contribution in [0.3, 0.4) is 0 Å². The van der Waals surface area contributed by atoms with E-state index in [0.29, 0.717) is 11.9 Å². The van der Waals surface area contributed by atoms with E-state index in [1.54, 1.807) is 30.5 Å². The molecule has 0 radical (unpaired) electrons. The normalized spacial score (nSPS) is 24.2. The van der Waals surface area contributed by atoms with E-state index in [9.17, 15) is 13.2 Å². The van der Waals surface area contributed by atoms with E-state index in [4.69, 9.17) is 0 Å². The molecule has 6 heteroatoms. The molecular weight excluding hydrogens is 444 g/mol. The van der Waals surface area contributed by atoms with Gasteiger partial charge in [0.25, 0.3) is 10.0 Å². The molecule has 0 saturated heterocycles. The average molecular weight is 473 g/mol. The molecule has 1 aromatic heterocycles. The van der Waals surface area contributed by atoms with Crippen LogP contribution in [0, 0.1) is 18.3 Å². The lowest BCUT2D eigenvalue weighted by atomic mass is 9.66. The van der Waals surface area contributed by atoms with Crippen molar-refractivity contribution < 1.29 is 13.2 Å². The molecule has 0 fully saturated rings. The standard InChI is InChI=1S/C28H28N2O3S/c1-3-28-15-14-25(31)26(19-6-4-5-7-19)27(28)21-12-13-24-23(22(21)16-28)17-30(29-24)34(32,33)20-10-8-18(2)9-11-20/h4,6,8-13,17,19H,3,5,7,14-16H2,1-2H3. The minimum absolute atomic E-state index is 0.0613. The number of Topliss-reactive ketones (excluding diaryl/α,β-unsaturated/α-hetero) is 1. The fraction of sp³-hybridized carbons (Fsp3) is 0.357. The molecule has 6 rings (SSSR count). The van der Waals surface area contributed by atoms with Crippen LogP contribution in [0.25, 0.3) is 16.5 Å². The Bertz CT molecular complexity index is 1510. The molecule has 3 aromatic rings. The van der Waals surface area contributed by atoms with Crippen LogP contribution in [0.15, 0.2) is 65.2 Å². The van der Waals surface area contributed by atoms with Crippen LogP contribution in [0.4, 0.5) is 0 Å². The van der Waals surface area contributed by atoms with E-state index in [1.807, 2.05) is 13.0 Å². The van der Waals surface area contributed by atoms with Gasteiger partial charge in [-0.1, -0.05) is 42.8 Å². The van der Waals surface area contributed by atoms with E-state index >= 15 is 0 Å². The fourth-order valence-electron chi connectivity index (χ4n) is 6.22. The van der Waals surface area contributed by atoms with Crippen molar-refractivity contribution in [2.45, 2.75) is 57.3 Å². The molecule has 0 N–H and O–H groups in total. The molecule has 0 saturated carbocycles. The third kappa shape index (κ3) is 3.01. The van der Waals surface area contributed by atoms with E-state index in [2.05, 4.69) is 30.2 Å². The van der Waals surface area contributed by atoms with Crippen LogP contribution in [-0.2, 0) is 21.2 Å². The van der Waals surface area contributed by atoms with Gasteiger partial charge in [-0.3, -0.25) is 4.79 Å². The number of benzene rings is 2. The van der Waals surface area contributed by atoms with E-state index < -0.39 is 10.0 Å². The Morgan fingerprint density at radius 3 is 2.65 bits per heavy atom. The number of nitrogens with zero attached hydrogens (tertiary/aromatic N) is 2. The molecule has 2 atom stereocenters. The summed E-state index contributed by atoms with van der Waals surface area (Å²) in [7, 11) is -3.78. The van der Waals surface area contributed by atoms with Crippen LogP contribution < -0.4 is 0 Å². The van der Waals surface area contributed by atoms with Gasteiger partial charge in [-0.25, -0.2) is 0 Å². The zero-order chi connectivity index (χ0) is 23.7. The first-order valence-electron chi connectivity index (χ1n) is 12.1. The molecule has 2 aromatic carbocycles. The second-order valence-corrected chi connectivity index (χ2v) is 11.8. The van der Waals surface area contributed by atoms with Gasteiger partial charge in [0.15, 0.2) is 5.78 Å². The second-order valence-electron chi connectivity index (χ2n) is 9.98. The number of fused-ring (bicyclic) bond motifs is 5. The summed E-state index contributed by atoms with van der Waals surface area (Å²) in [5.74, 6) is 0.473. The van der Waals surface area contributed by atoms with Gasteiger partial charge in [0, 0.05) is 28.7 Å². The minimum Gasteiger partial charge on any atom is -0.295 e. The maximum absolute atomic E-state index is 13.3. The number of rotatable bonds is 4. The predicted molar refractivity (Wildman–Crippen MR) is 133 cm³/mol. The number of aromatic nitrogens is 2. The summed E-state index contributed by atoms with van der Waals surface area (Å²) in [6, 6.07) is 10.8. The summed E-state index contributed by atoms with van der Waals surface area (Å²) in [5.41, 5.74) is 6.08. The lowest BCUT2D eigenvalue weighted by Crippen LogP contribution is -2.30. The predicted octanol–water partition coefficient (Wildman–Crippen LogP) is 5.62. The number of carbonyl (C=O) groups excluding carboxylic acids is 1. The van der Waals surface area contributed by atoms with Crippen molar-refractivity contribution >= 4 is 32.3 Å². The SMILES string of the molecule is CCC12CCC(=O)C(C3C=CCC3)=C1c1ccc3nn(S(=O)(=O)c4ccc(C)cc4)cc3c1C2. The highest BCUT2D eigenvalue weighted by atomic mass is 32.2. The molecule has 3 aliphatic carbocycles. The number of ketones is 1. The Kier molecular flexibility index (Phi) is 4.75. The Morgan fingerprint density at radius 1 is 1.15 bits per heavy atom. The van der Waals surface area contributed by atoms with Crippen LogP contribution in [0.2, 0.25) is 0 Å². The van der Waals surface area contributed by atoms with Gasteiger partial charge >= 0.3 is 0 Å². The Balaban J connectivity index is 1.55. The number of hydrogen-bond acceptors (Lipinski definition) is 4. The Hall–Kier alpha value is -2.99. The molecule has 0 aliphatic heterocycles. The lowest BCUT2D eigenvalue weighted by Gasteiger charge is -2.37. The Labute approximate surface area is 200 Å². The summed E-state index contributed by atoms with van der Waals surface area (Å²) < 4.78 is 27.7. The van der Waals surface area contributed by atoms with Crippen LogP contribution in [0.1, 0.15) is 55.7 Å². The smallest absolute Gasteiger partial charge is 0.282 e. The number of allylic oxidation sites excluding steroid dienone is 4. The summed E-state index contributed by atoms with van der Waals surface area (Å²) >= 11 is 0. The molecule has 0 spiro atoms. The van der Waals surface area contributed by atoms with Crippen molar-refractivity contribution in [1.29, 1.82) is 0 Å². The van der Waals surface area contributed by atoms with Crippen LogP contribution in [-0.4, -0.2) is 23.4 Å². The molecule has 1 heterocycles. The zero-order valence-corrected chi connectivity index (χ0v) is 20.4. The average Bonchev–Trinajstić information content (AvgIpc) is 3.57. The van der Waals surface area contributed by atoms with Crippen molar-refractivity contribution in [1.82, 2.24) is 9.19 Å². The minimum atomic E-state index is -3.78. The van der Waals surface area contributed by atoms with E-state index in [0.717, 1.165) is 63.8 Å². The molecule has 34 heavy (non-hydrogen) atoms. The second kappa shape index (κ2) is 7.51. The van der Waals surface area contributed by atoms with Crippen molar-refractivity contribution in [2.75, 3.05) is 0 Å². The zero-order valence-electron chi connectivity index (χ0n) is 19.5. The van der Waals surface area contributed by atoms with Gasteiger partial charge in [-0.05, 0) is 73.9 Å². The highest BCUT2D eigenvalue weighted by molar-refractivity contribution is 7.89. The van der Waals surface area contributed by atoms with Gasteiger partial charge in [0.1, 0.15) is 0 Å². The molecule has 5 nitrogen and oxygen atoms in total. The fourth-order valence-corrected chi connectivity index (χ4v) is 7.36. The first kappa shape index (κ1) is 21.5.